The second-order valence-electron chi connectivity index (χ2n) is 5.30. The molecule has 3 rings (SSSR count). The lowest BCUT2D eigenvalue weighted by atomic mass is 10.2. The highest BCUT2D eigenvalue weighted by atomic mass is 35.5. The smallest absolute Gasteiger partial charge is 0.199 e. The van der Waals surface area contributed by atoms with Gasteiger partial charge >= 0.3 is 0 Å². The molecule has 0 fully saturated rings. The van der Waals surface area contributed by atoms with Crippen LogP contribution in [0.25, 0.3) is 11.5 Å². The average molecular weight is 345 g/mol. The summed E-state index contributed by atoms with van der Waals surface area (Å²) in [5, 5.41) is 15.1. The number of hydrogen-bond acceptors (Lipinski definition) is 5. The van der Waals surface area contributed by atoms with Crippen LogP contribution >= 0.6 is 11.6 Å². The zero-order valence-electron chi connectivity index (χ0n) is 12.9. The van der Waals surface area contributed by atoms with Gasteiger partial charge in [0.15, 0.2) is 5.82 Å². The summed E-state index contributed by atoms with van der Waals surface area (Å²) in [7, 11) is 0. The summed E-state index contributed by atoms with van der Waals surface area (Å²) in [6.45, 7) is 0.937. The molecule has 7 heteroatoms. The standard InChI is InChI=1S/C17H17ClN4O2/c18-14-6-4-13(5-7-14)10-24-11-15(23)9-22-12-20-17(21-22)16-3-1-2-8-19-16/h1-8,12,15,23H,9-11H2. The van der Waals surface area contributed by atoms with Crippen molar-refractivity contribution in [1.82, 2.24) is 19.7 Å². The van der Waals surface area contributed by atoms with E-state index in [1.807, 2.05) is 42.5 Å². The Bertz CT molecular complexity index is 762. The highest BCUT2D eigenvalue weighted by Crippen LogP contribution is 2.11. The van der Waals surface area contributed by atoms with Crippen LogP contribution in [0, 0.1) is 0 Å². The predicted octanol–water partition coefficient (Wildman–Crippen LogP) is 2.57. The molecule has 1 N–H and O–H groups in total. The Labute approximate surface area is 144 Å². The number of aliphatic hydroxyl groups is 1. The fraction of sp³-hybridized carbons (Fsp3) is 0.235. The second-order valence-corrected chi connectivity index (χ2v) is 5.74. The molecule has 0 amide bonds. The predicted molar refractivity (Wildman–Crippen MR) is 90.4 cm³/mol. The van der Waals surface area contributed by atoms with E-state index in [-0.39, 0.29) is 6.61 Å². The molecule has 0 radical (unpaired) electrons. The van der Waals surface area contributed by atoms with Crippen molar-refractivity contribution in [2.75, 3.05) is 6.61 Å². The van der Waals surface area contributed by atoms with Crippen LogP contribution in [0.1, 0.15) is 5.56 Å². The number of rotatable bonds is 7. The number of benzene rings is 1. The summed E-state index contributed by atoms with van der Waals surface area (Å²) in [6, 6.07) is 13.0. The van der Waals surface area contributed by atoms with Gasteiger partial charge in [0.1, 0.15) is 12.0 Å². The zero-order valence-corrected chi connectivity index (χ0v) is 13.7. The van der Waals surface area contributed by atoms with Gasteiger partial charge in [-0.15, -0.1) is 5.10 Å². The Kier molecular flexibility index (Phi) is 5.53. The summed E-state index contributed by atoms with van der Waals surface area (Å²) in [6.07, 6.45) is 2.60. The van der Waals surface area contributed by atoms with Gasteiger partial charge in [-0.1, -0.05) is 29.8 Å². The van der Waals surface area contributed by atoms with Gasteiger partial charge in [-0.25, -0.2) is 9.67 Å². The maximum Gasteiger partial charge on any atom is 0.199 e. The molecule has 2 heterocycles. The van der Waals surface area contributed by atoms with Gasteiger partial charge in [0.05, 0.1) is 25.9 Å². The van der Waals surface area contributed by atoms with Crippen LogP contribution < -0.4 is 0 Å². The average Bonchev–Trinajstić information content (AvgIpc) is 3.06. The highest BCUT2D eigenvalue weighted by molar-refractivity contribution is 6.30. The van der Waals surface area contributed by atoms with E-state index in [0.717, 1.165) is 5.56 Å². The minimum Gasteiger partial charge on any atom is -0.389 e. The third-order valence-corrected chi connectivity index (χ3v) is 3.57. The minimum atomic E-state index is -0.671. The molecular weight excluding hydrogens is 328 g/mol. The maximum atomic E-state index is 10.1. The van der Waals surface area contributed by atoms with Crippen LogP contribution in [-0.2, 0) is 17.9 Å². The molecule has 3 aromatic rings. The van der Waals surface area contributed by atoms with Gasteiger partial charge in [0, 0.05) is 11.2 Å². The summed E-state index contributed by atoms with van der Waals surface area (Å²) in [5.41, 5.74) is 1.70. The van der Waals surface area contributed by atoms with Gasteiger partial charge in [-0.3, -0.25) is 4.98 Å². The number of nitrogens with zero attached hydrogens (tertiary/aromatic N) is 4. The second kappa shape index (κ2) is 8.01. The van der Waals surface area contributed by atoms with E-state index >= 15 is 0 Å². The molecular formula is C17H17ClN4O2. The maximum absolute atomic E-state index is 10.1. The fourth-order valence-corrected chi connectivity index (χ4v) is 2.28. The van der Waals surface area contributed by atoms with Crippen LogP contribution in [-0.4, -0.2) is 37.6 Å². The van der Waals surface area contributed by atoms with Crippen LogP contribution in [0.15, 0.2) is 55.0 Å². The van der Waals surface area contributed by atoms with Gasteiger partial charge in [0.25, 0.3) is 0 Å². The number of aliphatic hydroxyl groups excluding tert-OH is 1. The number of halogens is 1. The largest absolute Gasteiger partial charge is 0.389 e. The molecule has 6 nitrogen and oxygen atoms in total. The van der Waals surface area contributed by atoms with Crippen molar-refractivity contribution in [2.24, 2.45) is 0 Å². The molecule has 0 saturated carbocycles. The van der Waals surface area contributed by atoms with E-state index in [0.29, 0.717) is 29.7 Å². The molecule has 0 aliphatic carbocycles. The Hall–Kier alpha value is -2.28. The first-order valence-corrected chi connectivity index (χ1v) is 7.89. The van der Waals surface area contributed by atoms with Crippen LogP contribution in [0.5, 0.6) is 0 Å². The molecule has 124 valence electrons. The van der Waals surface area contributed by atoms with Crippen LogP contribution in [0.4, 0.5) is 0 Å². The SMILES string of the molecule is OC(COCc1ccc(Cl)cc1)Cn1cnc(-c2ccccn2)n1. The molecule has 0 aliphatic heterocycles. The van der Waals surface area contributed by atoms with E-state index in [4.69, 9.17) is 16.3 Å². The van der Waals surface area contributed by atoms with Gasteiger partial charge in [0.2, 0.25) is 0 Å². The Balaban J connectivity index is 1.47. The quantitative estimate of drug-likeness (QED) is 0.713. The highest BCUT2D eigenvalue weighted by Gasteiger charge is 2.09. The molecule has 1 aromatic carbocycles. The van der Waals surface area contributed by atoms with E-state index < -0.39 is 6.10 Å². The Morgan fingerprint density at radius 1 is 1.12 bits per heavy atom. The molecule has 24 heavy (non-hydrogen) atoms. The lowest BCUT2D eigenvalue weighted by Crippen LogP contribution is -2.22. The monoisotopic (exact) mass is 344 g/mol. The molecule has 0 spiro atoms. The van der Waals surface area contributed by atoms with Crippen molar-refractivity contribution in [3.8, 4) is 11.5 Å². The lowest BCUT2D eigenvalue weighted by molar-refractivity contribution is 0.0187. The number of aromatic nitrogens is 4. The van der Waals surface area contributed by atoms with Crippen molar-refractivity contribution in [1.29, 1.82) is 0 Å². The number of ether oxygens (including phenoxy) is 1. The normalized spacial score (nSPS) is 12.2. The number of pyridine rings is 1. The minimum absolute atomic E-state index is 0.210. The van der Waals surface area contributed by atoms with E-state index in [1.165, 1.54) is 0 Å². The summed E-state index contributed by atoms with van der Waals surface area (Å²) >= 11 is 5.83. The summed E-state index contributed by atoms with van der Waals surface area (Å²) in [5.74, 6) is 0.532. The molecule has 1 atom stereocenters. The van der Waals surface area contributed by atoms with E-state index in [2.05, 4.69) is 15.1 Å². The Morgan fingerprint density at radius 2 is 1.96 bits per heavy atom. The Morgan fingerprint density at radius 3 is 2.71 bits per heavy atom. The van der Waals surface area contributed by atoms with E-state index in [9.17, 15) is 5.11 Å². The van der Waals surface area contributed by atoms with Gasteiger partial charge in [-0.05, 0) is 29.8 Å². The fourth-order valence-electron chi connectivity index (χ4n) is 2.16. The van der Waals surface area contributed by atoms with Crippen LogP contribution in [0.3, 0.4) is 0 Å². The lowest BCUT2D eigenvalue weighted by Gasteiger charge is -2.11. The summed E-state index contributed by atoms with van der Waals surface area (Å²) in [4.78, 5) is 8.40. The van der Waals surface area contributed by atoms with Crippen molar-refractivity contribution >= 4 is 11.6 Å². The van der Waals surface area contributed by atoms with Crippen molar-refractivity contribution < 1.29 is 9.84 Å². The molecule has 0 bridgehead atoms. The van der Waals surface area contributed by atoms with Crippen molar-refractivity contribution in [3.63, 3.8) is 0 Å². The molecule has 1 unspecified atom stereocenters. The third kappa shape index (κ3) is 4.61. The number of hydrogen-bond donors (Lipinski definition) is 1. The molecule has 2 aromatic heterocycles. The summed E-state index contributed by atoms with van der Waals surface area (Å²) < 4.78 is 7.10. The van der Waals surface area contributed by atoms with Crippen molar-refractivity contribution in [3.05, 3.63) is 65.6 Å². The van der Waals surface area contributed by atoms with Gasteiger partial charge in [-0.2, -0.15) is 0 Å². The third-order valence-electron chi connectivity index (χ3n) is 3.32. The first-order chi connectivity index (χ1) is 11.7. The molecule has 0 saturated heterocycles. The zero-order chi connectivity index (χ0) is 16.8. The van der Waals surface area contributed by atoms with Crippen LogP contribution in [0.2, 0.25) is 5.02 Å². The van der Waals surface area contributed by atoms with E-state index in [1.54, 1.807) is 17.2 Å². The first kappa shape index (κ1) is 16.6. The topological polar surface area (TPSA) is 73.1 Å². The molecule has 0 aliphatic rings. The van der Waals surface area contributed by atoms with Gasteiger partial charge < -0.3 is 9.84 Å². The first-order valence-electron chi connectivity index (χ1n) is 7.52. The van der Waals surface area contributed by atoms with Crippen molar-refractivity contribution in [2.45, 2.75) is 19.3 Å².